The van der Waals surface area contributed by atoms with Gasteiger partial charge in [-0.2, -0.15) is 0 Å². The number of benzene rings is 1. The fourth-order valence-corrected chi connectivity index (χ4v) is 3.93. The molecule has 6 heteroatoms. The Labute approximate surface area is 150 Å². The summed E-state index contributed by atoms with van der Waals surface area (Å²) in [5, 5.41) is 0. The minimum absolute atomic E-state index is 0.0327. The first-order valence-electron chi connectivity index (χ1n) is 7.81. The molecule has 2 unspecified atom stereocenters. The summed E-state index contributed by atoms with van der Waals surface area (Å²) < 4.78 is 5.52. The van der Waals surface area contributed by atoms with E-state index in [1.807, 2.05) is 4.90 Å². The molecule has 0 bridgehead atoms. The maximum absolute atomic E-state index is 11.9. The maximum atomic E-state index is 11.9. The molecule has 0 radical (unpaired) electrons. The number of anilines is 1. The summed E-state index contributed by atoms with van der Waals surface area (Å²) in [5.41, 5.74) is 2.08. The quantitative estimate of drug-likeness (QED) is 0.564. The van der Waals surface area contributed by atoms with Crippen LogP contribution in [0.5, 0.6) is 0 Å². The third-order valence-electron chi connectivity index (χ3n) is 4.11. The van der Waals surface area contributed by atoms with E-state index in [2.05, 4.69) is 36.7 Å². The minimum atomic E-state index is -0.444. The predicted octanol–water partition coefficient (Wildman–Crippen LogP) is 3.34. The van der Waals surface area contributed by atoms with Crippen LogP contribution in [-0.4, -0.2) is 38.2 Å². The summed E-state index contributed by atoms with van der Waals surface area (Å²) in [7, 11) is 1.33. The van der Waals surface area contributed by atoms with Crippen LogP contribution in [0.25, 0.3) is 0 Å². The van der Waals surface area contributed by atoms with Gasteiger partial charge in [0.15, 0.2) is 0 Å². The van der Waals surface area contributed by atoms with Gasteiger partial charge < -0.3 is 19.2 Å². The topological polar surface area (TPSA) is 63.7 Å². The molecule has 0 saturated heterocycles. The Hall–Kier alpha value is -1.69. The van der Waals surface area contributed by atoms with E-state index in [0.717, 1.165) is 28.3 Å². The highest BCUT2D eigenvalue weighted by molar-refractivity contribution is 9.10. The van der Waals surface area contributed by atoms with Crippen LogP contribution >= 0.6 is 15.9 Å². The smallest absolute Gasteiger partial charge is 0.337 e. The zero-order chi connectivity index (χ0) is 18.1. The van der Waals surface area contributed by atoms with Gasteiger partial charge in [0.2, 0.25) is 0 Å². The number of fused-ring (bicyclic) bond motifs is 1. The van der Waals surface area contributed by atoms with Gasteiger partial charge in [-0.1, -0.05) is 20.8 Å². The number of nitrogens with zero attached hydrogens (tertiary/aromatic N) is 1. The van der Waals surface area contributed by atoms with Crippen molar-refractivity contribution in [3.8, 4) is 0 Å². The van der Waals surface area contributed by atoms with Crippen LogP contribution in [0, 0.1) is 5.41 Å². The van der Waals surface area contributed by atoms with E-state index in [0.29, 0.717) is 12.1 Å². The Morgan fingerprint density at radius 2 is 2.00 bits per heavy atom. The number of carbonyl (C=O) groups excluding carboxylic acids is 3. The summed E-state index contributed by atoms with van der Waals surface area (Å²) >= 11 is 3.53. The molecular weight excluding hydrogens is 374 g/mol. The second kappa shape index (κ2) is 7.05. The average Bonchev–Trinajstić information content (AvgIpc) is 2.78. The molecule has 0 saturated carbocycles. The molecule has 1 aliphatic heterocycles. The lowest BCUT2D eigenvalue weighted by atomic mass is 9.91. The standard InChI is InChI=1S/C18H22BrNO4/c1-18(2,3)10-20-15(9-22)12(5-6-21)13-7-11(17(23)24-4)8-14(19)16(13)20/h6-9,12,15H,5,10H2,1-4H3. The van der Waals surface area contributed by atoms with Gasteiger partial charge in [0, 0.05) is 23.4 Å². The van der Waals surface area contributed by atoms with Crippen molar-refractivity contribution in [2.24, 2.45) is 5.41 Å². The Morgan fingerprint density at radius 1 is 1.33 bits per heavy atom. The SMILES string of the molecule is COC(=O)c1cc(Br)c2c(c1)C(CC=O)C(C=O)N2CC(C)(C)C. The highest BCUT2D eigenvalue weighted by atomic mass is 79.9. The van der Waals surface area contributed by atoms with Gasteiger partial charge in [-0.05, 0) is 39.0 Å². The Balaban J connectivity index is 2.62. The number of hydrogen-bond donors (Lipinski definition) is 0. The summed E-state index contributed by atoms with van der Waals surface area (Å²) in [6.07, 6.45) is 1.95. The molecule has 0 fully saturated rings. The van der Waals surface area contributed by atoms with E-state index in [-0.39, 0.29) is 17.8 Å². The van der Waals surface area contributed by atoms with Crippen molar-refractivity contribution in [1.82, 2.24) is 0 Å². The van der Waals surface area contributed by atoms with Crippen LogP contribution < -0.4 is 4.90 Å². The van der Waals surface area contributed by atoms with E-state index >= 15 is 0 Å². The van der Waals surface area contributed by atoms with E-state index in [1.165, 1.54) is 7.11 Å². The van der Waals surface area contributed by atoms with Crippen LogP contribution in [0.4, 0.5) is 5.69 Å². The van der Waals surface area contributed by atoms with E-state index in [4.69, 9.17) is 4.74 Å². The van der Waals surface area contributed by atoms with Crippen molar-refractivity contribution >= 4 is 40.2 Å². The highest BCUT2D eigenvalue weighted by Crippen LogP contribution is 2.47. The summed E-state index contributed by atoms with van der Waals surface area (Å²) in [6, 6.07) is 3.01. The normalized spacial score (nSPS) is 19.8. The van der Waals surface area contributed by atoms with Crippen LogP contribution in [-0.2, 0) is 14.3 Å². The maximum Gasteiger partial charge on any atom is 0.337 e. The second-order valence-corrected chi connectivity index (χ2v) is 8.07. The number of carbonyl (C=O) groups is 3. The summed E-state index contributed by atoms with van der Waals surface area (Å²) in [4.78, 5) is 36.9. The number of esters is 1. The van der Waals surface area contributed by atoms with Crippen LogP contribution in [0.15, 0.2) is 16.6 Å². The van der Waals surface area contributed by atoms with Gasteiger partial charge in [0.1, 0.15) is 12.6 Å². The number of halogens is 1. The Bertz CT molecular complexity index is 666. The largest absolute Gasteiger partial charge is 0.465 e. The number of rotatable bonds is 5. The predicted molar refractivity (Wildman–Crippen MR) is 95.6 cm³/mol. The molecule has 5 nitrogen and oxygen atoms in total. The van der Waals surface area contributed by atoms with Crippen molar-refractivity contribution in [2.75, 3.05) is 18.6 Å². The summed E-state index contributed by atoms with van der Waals surface area (Å²) in [6.45, 7) is 6.95. The molecule has 0 N–H and O–H groups in total. The van der Waals surface area contributed by atoms with Crippen molar-refractivity contribution in [3.05, 3.63) is 27.7 Å². The number of aldehydes is 2. The highest BCUT2D eigenvalue weighted by Gasteiger charge is 2.41. The van der Waals surface area contributed by atoms with Gasteiger partial charge in [-0.15, -0.1) is 0 Å². The van der Waals surface area contributed by atoms with Crippen LogP contribution in [0.3, 0.4) is 0 Å². The molecule has 1 aliphatic rings. The molecule has 2 rings (SSSR count). The molecule has 0 aromatic heterocycles. The van der Waals surface area contributed by atoms with Gasteiger partial charge in [-0.3, -0.25) is 0 Å². The molecule has 24 heavy (non-hydrogen) atoms. The second-order valence-electron chi connectivity index (χ2n) is 7.21. The number of methoxy groups -OCH3 is 1. The minimum Gasteiger partial charge on any atom is -0.465 e. The van der Waals surface area contributed by atoms with Crippen molar-refractivity contribution in [3.63, 3.8) is 0 Å². The van der Waals surface area contributed by atoms with Gasteiger partial charge in [0.25, 0.3) is 0 Å². The van der Waals surface area contributed by atoms with E-state index in [9.17, 15) is 14.4 Å². The van der Waals surface area contributed by atoms with E-state index in [1.54, 1.807) is 12.1 Å². The summed E-state index contributed by atoms with van der Waals surface area (Å²) in [5.74, 6) is -0.710. The molecule has 2 atom stereocenters. The molecule has 130 valence electrons. The number of ether oxygens (including phenoxy) is 1. The monoisotopic (exact) mass is 395 g/mol. The molecule has 0 spiro atoms. The first kappa shape index (κ1) is 18.6. The zero-order valence-electron chi connectivity index (χ0n) is 14.3. The van der Waals surface area contributed by atoms with Crippen molar-refractivity contribution in [2.45, 2.75) is 39.2 Å². The van der Waals surface area contributed by atoms with Crippen molar-refractivity contribution < 1.29 is 19.1 Å². The lowest BCUT2D eigenvalue weighted by Gasteiger charge is -2.33. The third kappa shape index (κ3) is 3.53. The van der Waals surface area contributed by atoms with E-state index < -0.39 is 12.0 Å². The molecule has 1 heterocycles. The first-order chi connectivity index (χ1) is 11.2. The fourth-order valence-electron chi connectivity index (χ4n) is 3.23. The van der Waals surface area contributed by atoms with Crippen LogP contribution in [0.2, 0.25) is 0 Å². The zero-order valence-corrected chi connectivity index (χ0v) is 15.9. The van der Waals surface area contributed by atoms with Gasteiger partial charge >= 0.3 is 5.97 Å². The first-order valence-corrected chi connectivity index (χ1v) is 8.60. The van der Waals surface area contributed by atoms with Gasteiger partial charge in [-0.25, -0.2) is 4.79 Å². The lowest BCUT2D eigenvalue weighted by molar-refractivity contribution is -0.110. The molecule has 1 aromatic rings. The van der Waals surface area contributed by atoms with Gasteiger partial charge in [0.05, 0.1) is 24.4 Å². The lowest BCUT2D eigenvalue weighted by Crippen LogP contribution is -2.41. The fraction of sp³-hybridized carbons (Fsp3) is 0.500. The molecule has 0 amide bonds. The van der Waals surface area contributed by atoms with Crippen LogP contribution in [0.1, 0.15) is 49.0 Å². The molecular formula is C18H22BrNO4. The molecule has 1 aromatic carbocycles. The third-order valence-corrected chi connectivity index (χ3v) is 4.71. The van der Waals surface area contributed by atoms with Crippen molar-refractivity contribution in [1.29, 1.82) is 0 Å². The average molecular weight is 396 g/mol. The number of hydrogen-bond acceptors (Lipinski definition) is 5. The molecule has 0 aliphatic carbocycles. The Kier molecular flexibility index (Phi) is 5.48. The Morgan fingerprint density at radius 3 is 2.50 bits per heavy atom.